The minimum absolute atomic E-state index is 0.346. The number of anilines is 1. The van der Waals surface area contributed by atoms with Crippen molar-refractivity contribution in [2.45, 2.75) is 25.1 Å². The zero-order chi connectivity index (χ0) is 21.6. The summed E-state index contributed by atoms with van der Waals surface area (Å²) in [7, 11) is 1.52. The molecule has 0 radical (unpaired) electrons. The zero-order valence-electron chi connectivity index (χ0n) is 17.3. The molecule has 0 spiro atoms. The Morgan fingerprint density at radius 1 is 1.00 bits per heavy atom. The van der Waals surface area contributed by atoms with Gasteiger partial charge in [-0.25, -0.2) is 4.79 Å². The molecular weight excluding hydrogens is 392 g/mol. The number of para-hydroxylation sites is 3. The van der Waals surface area contributed by atoms with Crippen LogP contribution in [0.25, 0.3) is 0 Å². The molecule has 2 unspecified atom stereocenters. The Morgan fingerprint density at radius 3 is 2.45 bits per heavy atom. The van der Waals surface area contributed by atoms with Crippen LogP contribution in [0.1, 0.15) is 35.3 Å². The normalized spacial score (nSPS) is 21.9. The minimum Gasteiger partial charge on any atom is -0.496 e. The molecule has 1 fully saturated rings. The number of hydrogen-bond acceptors (Lipinski definition) is 4. The van der Waals surface area contributed by atoms with Gasteiger partial charge in [0.1, 0.15) is 11.5 Å². The Hall–Kier alpha value is -3.80. The summed E-state index contributed by atoms with van der Waals surface area (Å²) in [6, 6.07) is 23.0. The first kappa shape index (κ1) is 19.2. The Bertz CT molecular complexity index is 1160. The SMILES string of the molecule is COc1ccccc1C(=O)N1C(=O)N(c2ccccc2)C2(C)CC1c1ccccc1O2. The summed E-state index contributed by atoms with van der Waals surface area (Å²) < 4.78 is 11.7. The summed E-state index contributed by atoms with van der Waals surface area (Å²) in [6.07, 6.45) is 0.450. The predicted molar refractivity (Wildman–Crippen MR) is 116 cm³/mol. The summed E-state index contributed by atoms with van der Waals surface area (Å²) >= 11 is 0. The third-order valence-electron chi connectivity index (χ3n) is 5.93. The van der Waals surface area contributed by atoms with E-state index in [0.717, 1.165) is 5.56 Å². The van der Waals surface area contributed by atoms with Gasteiger partial charge in [0.2, 0.25) is 0 Å². The van der Waals surface area contributed by atoms with Crippen LogP contribution in [0.4, 0.5) is 10.5 Å². The van der Waals surface area contributed by atoms with Crippen LogP contribution in [0.15, 0.2) is 78.9 Å². The molecule has 0 aromatic heterocycles. The summed E-state index contributed by atoms with van der Waals surface area (Å²) in [5, 5.41) is 0. The molecule has 5 rings (SSSR count). The van der Waals surface area contributed by atoms with Gasteiger partial charge in [-0.1, -0.05) is 48.5 Å². The maximum atomic E-state index is 13.9. The maximum absolute atomic E-state index is 13.9. The molecule has 3 amide bonds. The van der Waals surface area contributed by atoms with Crippen molar-refractivity contribution in [1.29, 1.82) is 0 Å². The Balaban J connectivity index is 1.69. The van der Waals surface area contributed by atoms with Gasteiger partial charge >= 0.3 is 6.03 Å². The molecule has 2 aliphatic rings. The van der Waals surface area contributed by atoms with Crippen molar-refractivity contribution < 1.29 is 19.1 Å². The lowest BCUT2D eigenvalue weighted by Crippen LogP contribution is -2.67. The van der Waals surface area contributed by atoms with Crippen LogP contribution < -0.4 is 14.4 Å². The van der Waals surface area contributed by atoms with E-state index in [9.17, 15) is 9.59 Å². The van der Waals surface area contributed by atoms with Gasteiger partial charge in [-0.2, -0.15) is 0 Å². The summed E-state index contributed by atoms with van der Waals surface area (Å²) in [5.41, 5.74) is 0.920. The molecular formula is C25H22N2O4. The highest BCUT2D eigenvalue weighted by Gasteiger charge is 2.55. The molecule has 3 aromatic carbocycles. The van der Waals surface area contributed by atoms with Gasteiger partial charge in [0, 0.05) is 17.7 Å². The van der Waals surface area contributed by atoms with Crippen LogP contribution in [-0.2, 0) is 0 Å². The van der Waals surface area contributed by atoms with Crippen LogP contribution in [0.2, 0.25) is 0 Å². The van der Waals surface area contributed by atoms with Gasteiger partial charge in [-0.05, 0) is 37.3 Å². The molecule has 2 aliphatic heterocycles. The number of methoxy groups -OCH3 is 1. The molecule has 2 heterocycles. The zero-order valence-corrected chi connectivity index (χ0v) is 17.3. The van der Waals surface area contributed by atoms with Gasteiger partial charge < -0.3 is 9.47 Å². The monoisotopic (exact) mass is 414 g/mol. The van der Waals surface area contributed by atoms with E-state index < -0.39 is 23.7 Å². The van der Waals surface area contributed by atoms with Crippen molar-refractivity contribution in [2.24, 2.45) is 0 Å². The van der Waals surface area contributed by atoms with E-state index in [4.69, 9.17) is 9.47 Å². The lowest BCUT2D eigenvalue weighted by atomic mass is 9.88. The number of ether oxygens (including phenoxy) is 2. The molecule has 1 saturated heterocycles. The van der Waals surface area contributed by atoms with Crippen molar-refractivity contribution in [1.82, 2.24) is 4.90 Å². The number of urea groups is 1. The second-order valence-corrected chi connectivity index (χ2v) is 7.86. The largest absolute Gasteiger partial charge is 0.496 e. The number of amides is 3. The number of carbonyl (C=O) groups excluding carboxylic acids is 2. The highest BCUT2D eigenvalue weighted by Crippen LogP contribution is 2.49. The van der Waals surface area contributed by atoms with Crippen molar-refractivity contribution in [3.63, 3.8) is 0 Å². The van der Waals surface area contributed by atoms with Gasteiger partial charge in [0.25, 0.3) is 5.91 Å². The smallest absolute Gasteiger partial charge is 0.335 e. The van der Waals surface area contributed by atoms with E-state index in [1.807, 2.05) is 61.5 Å². The number of benzene rings is 3. The topological polar surface area (TPSA) is 59.1 Å². The summed E-state index contributed by atoms with van der Waals surface area (Å²) in [5.74, 6) is 0.708. The Labute approximate surface area is 180 Å². The standard InChI is InChI=1S/C25H22N2O4/c1-25-16-20(18-12-6-9-15-22(18)31-25)26(23(28)19-13-7-8-14-21(19)30-2)24(29)27(25)17-10-4-3-5-11-17/h3-15,20H,16H2,1-2H3. The number of fused-ring (bicyclic) bond motifs is 4. The predicted octanol–water partition coefficient (Wildman–Crippen LogP) is 5.02. The molecule has 6 nitrogen and oxygen atoms in total. The fourth-order valence-corrected chi connectivity index (χ4v) is 4.55. The van der Waals surface area contributed by atoms with Crippen LogP contribution >= 0.6 is 0 Å². The number of nitrogens with zero attached hydrogens (tertiary/aromatic N) is 2. The lowest BCUT2D eigenvalue weighted by molar-refractivity contribution is 0.00261. The second-order valence-electron chi connectivity index (χ2n) is 7.86. The maximum Gasteiger partial charge on any atom is 0.335 e. The van der Waals surface area contributed by atoms with Crippen molar-refractivity contribution in [3.05, 3.63) is 90.0 Å². The van der Waals surface area contributed by atoms with Crippen molar-refractivity contribution in [2.75, 3.05) is 12.0 Å². The van der Waals surface area contributed by atoms with E-state index in [-0.39, 0.29) is 0 Å². The van der Waals surface area contributed by atoms with Crippen molar-refractivity contribution >= 4 is 17.6 Å². The molecule has 6 heteroatoms. The van der Waals surface area contributed by atoms with Gasteiger partial charge in [0.15, 0.2) is 5.72 Å². The number of imide groups is 1. The molecule has 3 aromatic rings. The summed E-state index contributed by atoms with van der Waals surface area (Å²) in [4.78, 5) is 30.5. The first-order chi connectivity index (χ1) is 15.0. The second kappa shape index (κ2) is 7.16. The fourth-order valence-electron chi connectivity index (χ4n) is 4.55. The Morgan fingerprint density at radius 2 is 1.68 bits per heavy atom. The van der Waals surface area contributed by atoms with Crippen LogP contribution in [0.5, 0.6) is 11.5 Å². The average Bonchev–Trinajstić information content (AvgIpc) is 2.79. The fraction of sp³-hybridized carbons (Fsp3) is 0.200. The molecule has 2 atom stereocenters. The number of rotatable bonds is 3. The van der Waals surface area contributed by atoms with Gasteiger partial charge in [-0.3, -0.25) is 14.6 Å². The molecule has 156 valence electrons. The first-order valence-corrected chi connectivity index (χ1v) is 10.2. The highest BCUT2D eigenvalue weighted by atomic mass is 16.5. The van der Waals surface area contributed by atoms with Crippen LogP contribution in [-0.4, -0.2) is 29.7 Å². The summed E-state index contributed by atoms with van der Waals surface area (Å²) in [6.45, 7) is 1.89. The molecule has 2 bridgehead atoms. The number of carbonyl (C=O) groups is 2. The van der Waals surface area contributed by atoms with E-state index in [1.54, 1.807) is 29.2 Å². The minimum atomic E-state index is -0.922. The van der Waals surface area contributed by atoms with Gasteiger partial charge in [0.05, 0.1) is 18.7 Å². The quantitative estimate of drug-likeness (QED) is 0.604. The molecule has 0 saturated carbocycles. The van der Waals surface area contributed by atoms with Crippen molar-refractivity contribution in [3.8, 4) is 11.5 Å². The van der Waals surface area contributed by atoms with Crippen LogP contribution in [0, 0.1) is 0 Å². The van der Waals surface area contributed by atoms with E-state index in [2.05, 4.69) is 0 Å². The lowest BCUT2D eigenvalue weighted by Gasteiger charge is -2.53. The van der Waals surface area contributed by atoms with Gasteiger partial charge in [-0.15, -0.1) is 0 Å². The number of hydrogen-bond donors (Lipinski definition) is 0. The van der Waals surface area contributed by atoms with E-state index in [1.165, 1.54) is 12.0 Å². The third kappa shape index (κ3) is 2.94. The molecule has 0 aliphatic carbocycles. The first-order valence-electron chi connectivity index (χ1n) is 10.2. The van der Waals surface area contributed by atoms with E-state index in [0.29, 0.717) is 29.2 Å². The highest BCUT2D eigenvalue weighted by molar-refractivity contribution is 6.11. The average molecular weight is 414 g/mol. The van der Waals surface area contributed by atoms with Crippen LogP contribution in [0.3, 0.4) is 0 Å². The van der Waals surface area contributed by atoms with E-state index >= 15 is 0 Å². The molecule has 0 N–H and O–H groups in total. The Kier molecular flexibility index (Phi) is 4.43. The third-order valence-corrected chi connectivity index (χ3v) is 5.93. The molecule has 31 heavy (non-hydrogen) atoms.